The summed E-state index contributed by atoms with van der Waals surface area (Å²) in [7, 11) is 0. The van der Waals surface area contributed by atoms with Gasteiger partial charge in [0.05, 0.1) is 6.04 Å². The first-order valence-corrected chi connectivity index (χ1v) is 8.62. The zero-order chi connectivity index (χ0) is 14.6. The van der Waals surface area contributed by atoms with Gasteiger partial charge in [0.2, 0.25) is 0 Å². The highest BCUT2D eigenvalue weighted by molar-refractivity contribution is 6.28. The van der Waals surface area contributed by atoms with Gasteiger partial charge in [-0.2, -0.15) is 0 Å². The zero-order valence-corrected chi connectivity index (χ0v) is 13.6. The van der Waals surface area contributed by atoms with Crippen LogP contribution in [0.4, 0.5) is 0 Å². The average Bonchev–Trinajstić information content (AvgIpc) is 2.87. The molecule has 0 saturated heterocycles. The van der Waals surface area contributed by atoms with Crippen LogP contribution in [-0.4, -0.2) is 0 Å². The highest BCUT2D eigenvalue weighted by atomic mass is 35.5. The molecule has 1 rings (SSSR count). The third-order valence-electron chi connectivity index (χ3n) is 3.83. The summed E-state index contributed by atoms with van der Waals surface area (Å²) in [5.74, 6) is 0.811. The SMILES string of the molecule is CCCCCCCCCCCCC(N)c1ccc(Cl)o1. The lowest BCUT2D eigenvalue weighted by Gasteiger charge is -2.08. The van der Waals surface area contributed by atoms with Crippen LogP contribution in [-0.2, 0) is 0 Å². The zero-order valence-electron chi connectivity index (χ0n) is 12.9. The van der Waals surface area contributed by atoms with Crippen LogP contribution in [0.2, 0.25) is 5.22 Å². The number of rotatable bonds is 12. The van der Waals surface area contributed by atoms with E-state index < -0.39 is 0 Å². The molecule has 0 radical (unpaired) electrons. The van der Waals surface area contributed by atoms with Gasteiger partial charge in [0.15, 0.2) is 5.22 Å². The largest absolute Gasteiger partial charge is 0.448 e. The van der Waals surface area contributed by atoms with Crippen LogP contribution in [0, 0.1) is 0 Å². The Hall–Kier alpha value is -0.470. The summed E-state index contributed by atoms with van der Waals surface area (Å²) in [6.45, 7) is 2.27. The lowest BCUT2D eigenvalue weighted by molar-refractivity contribution is 0.439. The van der Waals surface area contributed by atoms with Crippen molar-refractivity contribution >= 4 is 11.6 Å². The molecule has 0 aliphatic heterocycles. The van der Waals surface area contributed by atoms with Gasteiger partial charge < -0.3 is 10.2 Å². The molecular weight excluding hydrogens is 270 g/mol. The number of halogens is 1. The molecule has 0 spiro atoms. The molecule has 1 heterocycles. The number of hydrogen-bond acceptors (Lipinski definition) is 2. The summed E-state index contributed by atoms with van der Waals surface area (Å²) in [6, 6.07) is 3.63. The molecule has 0 fully saturated rings. The molecular formula is C17H30ClNO. The fourth-order valence-electron chi connectivity index (χ4n) is 2.52. The van der Waals surface area contributed by atoms with Crippen molar-refractivity contribution in [1.29, 1.82) is 0 Å². The van der Waals surface area contributed by atoms with E-state index in [9.17, 15) is 0 Å². The third-order valence-corrected chi connectivity index (χ3v) is 4.03. The van der Waals surface area contributed by atoms with Crippen LogP contribution in [0.5, 0.6) is 0 Å². The van der Waals surface area contributed by atoms with Crippen molar-refractivity contribution in [2.45, 2.75) is 83.6 Å². The van der Waals surface area contributed by atoms with Crippen molar-refractivity contribution in [2.24, 2.45) is 5.73 Å². The molecule has 1 aromatic rings. The minimum Gasteiger partial charge on any atom is -0.448 e. The standard InChI is InChI=1S/C17H30ClNO/c1-2-3-4-5-6-7-8-9-10-11-12-15(19)16-13-14-17(18)20-16/h13-15H,2-12,19H2,1H3. The Morgan fingerprint density at radius 1 is 0.950 bits per heavy atom. The lowest BCUT2D eigenvalue weighted by Crippen LogP contribution is -2.08. The topological polar surface area (TPSA) is 39.2 Å². The second-order valence-corrected chi connectivity index (χ2v) is 6.09. The Morgan fingerprint density at radius 3 is 2.00 bits per heavy atom. The van der Waals surface area contributed by atoms with Gasteiger partial charge in [0.1, 0.15) is 5.76 Å². The van der Waals surface area contributed by atoms with Crippen LogP contribution < -0.4 is 5.73 Å². The molecule has 1 unspecified atom stereocenters. The Morgan fingerprint density at radius 2 is 1.50 bits per heavy atom. The fourth-order valence-corrected chi connectivity index (χ4v) is 2.67. The number of furan rings is 1. The fraction of sp³-hybridized carbons (Fsp3) is 0.765. The van der Waals surface area contributed by atoms with Gasteiger partial charge in [-0.3, -0.25) is 0 Å². The second-order valence-electron chi connectivity index (χ2n) is 5.72. The van der Waals surface area contributed by atoms with Crippen molar-refractivity contribution in [3.05, 3.63) is 23.1 Å². The van der Waals surface area contributed by atoms with E-state index in [1.807, 2.05) is 6.07 Å². The van der Waals surface area contributed by atoms with Gasteiger partial charge in [-0.1, -0.05) is 71.1 Å². The number of nitrogens with two attached hydrogens (primary N) is 1. The normalized spacial score (nSPS) is 12.8. The molecule has 1 atom stereocenters. The van der Waals surface area contributed by atoms with E-state index in [1.54, 1.807) is 6.07 Å². The monoisotopic (exact) mass is 299 g/mol. The molecule has 0 aromatic carbocycles. The van der Waals surface area contributed by atoms with E-state index in [0.717, 1.165) is 12.2 Å². The van der Waals surface area contributed by atoms with E-state index in [0.29, 0.717) is 5.22 Å². The van der Waals surface area contributed by atoms with Gasteiger partial charge in [-0.15, -0.1) is 0 Å². The maximum Gasteiger partial charge on any atom is 0.193 e. The minimum absolute atomic E-state index is 0.00320. The van der Waals surface area contributed by atoms with E-state index in [2.05, 4.69) is 6.92 Å². The van der Waals surface area contributed by atoms with Crippen molar-refractivity contribution in [1.82, 2.24) is 0 Å². The maximum absolute atomic E-state index is 6.06. The molecule has 0 aliphatic carbocycles. The summed E-state index contributed by atoms with van der Waals surface area (Å²) in [4.78, 5) is 0. The van der Waals surface area contributed by atoms with Gasteiger partial charge in [-0.05, 0) is 30.2 Å². The first kappa shape index (κ1) is 17.6. The van der Waals surface area contributed by atoms with Gasteiger partial charge in [-0.25, -0.2) is 0 Å². The summed E-state index contributed by atoms with van der Waals surface area (Å²) in [6.07, 6.45) is 14.5. The van der Waals surface area contributed by atoms with Crippen LogP contribution in [0.25, 0.3) is 0 Å². The molecule has 20 heavy (non-hydrogen) atoms. The van der Waals surface area contributed by atoms with Gasteiger partial charge in [0, 0.05) is 0 Å². The quantitative estimate of drug-likeness (QED) is 0.464. The van der Waals surface area contributed by atoms with Gasteiger partial charge >= 0.3 is 0 Å². The summed E-state index contributed by atoms with van der Waals surface area (Å²) < 4.78 is 5.33. The van der Waals surface area contributed by atoms with E-state index in [1.165, 1.54) is 64.2 Å². The maximum atomic E-state index is 6.06. The third kappa shape index (κ3) is 7.96. The highest BCUT2D eigenvalue weighted by Gasteiger charge is 2.09. The van der Waals surface area contributed by atoms with Crippen molar-refractivity contribution < 1.29 is 4.42 Å². The second kappa shape index (κ2) is 11.2. The number of unbranched alkanes of at least 4 members (excludes halogenated alkanes) is 9. The smallest absolute Gasteiger partial charge is 0.193 e. The molecule has 2 nitrogen and oxygen atoms in total. The average molecular weight is 300 g/mol. The highest BCUT2D eigenvalue weighted by Crippen LogP contribution is 2.22. The first-order valence-electron chi connectivity index (χ1n) is 8.25. The van der Waals surface area contributed by atoms with Crippen molar-refractivity contribution in [2.75, 3.05) is 0 Å². The predicted octanol–water partition coefficient (Wildman–Crippen LogP) is 6.24. The van der Waals surface area contributed by atoms with Crippen LogP contribution >= 0.6 is 11.6 Å². The Labute approximate surface area is 129 Å². The van der Waals surface area contributed by atoms with Crippen LogP contribution in [0.3, 0.4) is 0 Å². The summed E-state index contributed by atoms with van der Waals surface area (Å²) >= 11 is 5.75. The molecule has 0 saturated carbocycles. The molecule has 1 aromatic heterocycles. The molecule has 3 heteroatoms. The Balaban J connectivity index is 1.89. The minimum atomic E-state index is -0.00320. The Bertz CT molecular complexity index is 337. The van der Waals surface area contributed by atoms with Gasteiger partial charge in [0.25, 0.3) is 0 Å². The molecule has 0 bridgehead atoms. The molecule has 0 amide bonds. The van der Waals surface area contributed by atoms with Crippen LogP contribution in [0.15, 0.2) is 16.5 Å². The first-order chi connectivity index (χ1) is 9.74. The van der Waals surface area contributed by atoms with E-state index in [-0.39, 0.29) is 6.04 Å². The van der Waals surface area contributed by atoms with E-state index in [4.69, 9.17) is 21.8 Å². The summed E-state index contributed by atoms with van der Waals surface area (Å²) in [5, 5.41) is 0.429. The molecule has 0 aliphatic rings. The predicted molar refractivity (Wildman–Crippen MR) is 87.1 cm³/mol. The lowest BCUT2D eigenvalue weighted by atomic mass is 10.0. The van der Waals surface area contributed by atoms with Crippen molar-refractivity contribution in [3.63, 3.8) is 0 Å². The molecule has 116 valence electrons. The number of hydrogen-bond donors (Lipinski definition) is 1. The van der Waals surface area contributed by atoms with Crippen molar-refractivity contribution in [3.8, 4) is 0 Å². The van der Waals surface area contributed by atoms with Crippen LogP contribution in [0.1, 0.15) is 89.4 Å². The van der Waals surface area contributed by atoms with E-state index >= 15 is 0 Å². The Kier molecular flexibility index (Phi) is 9.86. The molecule has 2 N–H and O–H groups in total. The summed E-state index contributed by atoms with van der Waals surface area (Å²) in [5.41, 5.74) is 6.06.